The van der Waals surface area contributed by atoms with Gasteiger partial charge in [0.25, 0.3) is 0 Å². The van der Waals surface area contributed by atoms with Gasteiger partial charge in [-0.15, -0.1) is 0 Å². The molecule has 1 aromatic carbocycles. The van der Waals surface area contributed by atoms with Crippen LogP contribution in [0.15, 0.2) is 23.1 Å². The third-order valence-corrected chi connectivity index (χ3v) is 5.57. The molecule has 0 atom stereocenters. The Labute approximate surface area is 111 Å². The van der Waals surface area contributed by atoms with Gasteiger partial charge in [-0.2, -0.15) is 0 Å². The smallest absolute Gasteiger partial charge is 0.181 e. The molecule has 0 saturated carbocycles. The number of halogens is 2. The molecular weight excluding hydrogens is 281 g/mol. The molecular formula is C11H13Cl2NO2S. The minimum atomic E-state index is -3.32. The van der Waals surface area contributed by atoms with Gasteiger partial charge in [0.1, 0.15) is 0 Å². The van der Waals surface area contributed by atoms with Crippen LogP contribution in [0.1, 0.15) is 12.8 Å². The van der Waals surface area contributed by atoms with E-state index in [1.807, 2.05) is 0 Å². The fraction of sp³-hybridized carbons (Fsp3) is 0.455. The van der Waals surface area contributed by atoms with E-state index in [2.05, 4.69) is 5.32 Å². The van der Waals surface area contributed by atoms with Crippen LogP contribution < -0.4 is 5.32 Å². The van der Waals surface area contributed by atoms with E-state index in [0.29, 0.717) is 22.9 Å². The Hall–Kier alpha value is -0.290. The van der Waals surface area contributed by atoms with E-state index in [-0.39, 0.29) is 10.1 Å². The molecule has 0 aromatic heterocycles. The fourth-order valence-corrected chi connectivity index (χ4v) is 4.47. The molecule has 17 heavy (non-hydrogen) atoms. The lowest BCUT2D eigenvalue weighted by atomic mass is 10.2. The normalized spacial score (nSPS) is 18.2. The highest BCUT2D eigenvalue weighted by molar-refractivity contribution is 7.92. The quantitative estimate of drug-likeness (QED) is 0.911. The van der Waals surface area contributed by atoms with Crippen LogP contribution in [0.5, 0.6) is 0 Å². The van der Waals surface area contributed by atoms with Gasteiger partial charge in [0.05, 0.1) is 10.1 Å². The largest absolute Gasteiger partial charge is 0.317 e. The molecule has 0 aliphatic carbocycles. The summed E-state index contributed by atoms with van der Waals surface area (Å²) < 4.78 is 24.7. The molecule has 2 rings (SSSR count). The first kappa shape index (κ1) is 13.1. The van der Waals surface area contributed by atoms with Gasteiger partial charge in [-0.05, 0) is 44.1 Å². The molecule has 1 aromatic rings. The first-order valence-electron chi connectivity index (χ1n) is 5.41. The molecule has 1 aliphatic rings. The molecule has 0 spiro atoms. The average molecular weight is 294 g/mol. The fourth-order valence-electron chi connectivity index (χ4n) is 1.99. The zero-order chi connectivity index (χ0) is 12.5. The third-order valence-electron chi connectivity index (χ3n) is 2.89. The van der Waals surface area contributed by atoms with E-state index >= 15 is 0 Å². The average Bonchev–Trinajstić information content (AvgIpc) is 2.29. The molecule has 1 heterocycles. The summed E-state index contributed by atoms with van der Waals surface area (Å²) in [5.74, 6) is 0. The maximum Gasteiger partial charge on any atom is 0.181 e. The Kier molecular flexibility index (Phi) is 3.98. The summed E-state index contributed by atoms with van der Waals surface area (Å²) in [5.41, 5.74) is 0. The van der Waals surface area contributed by atoms with E-state index in [1.165, 1.54) is 18.2 Å². The van der Waals surface area contributed by atoms with E-state index < -0.39 is 9.84 Å². The van der Waals surface area contributed by atoms with Crippen LogP contribution in [0, 0.1) is 0 Å². The maximum atomic E-state index is 12.3. The molecule has 1 saturated heterocycles. The number of nitrogens with one attached hydrogen (secondary N) is 1. The van der Waals surface area contributed by atoms with Gasteiger partial charge in [0.15, 0.2) is 9.84 Å². The van der Waals surface area contributed by atoms with Crippen molar-refractivity contribution in [2.75, 3.05) is 13.1 Å². The van der Waals surface area contributed by atoms with Gasteiger partial charge in [-0.3, -0.25) is 0 Å². The van der Waals surface area contributed by atoms with Crippen molar-refractivity contribution in [1.29, 1.82) is 0 Å². The highest BCUT2D eigenvalue weighted by Gasteiger charge is 2.29. The molecule has 1 fully saturated rings. The van der Waals surface area contributed by atoms with E-state index in [4.69, 9.17) is 23.2 Å². The van der Waals surface area contributed by atoms with Crippen molar-refractivity contribution in [2.24, 2.45) is 0 Å². The Morgan fingerprint density at radius 1 is 1.06 bits per heavy atom. The van der Waals surface area contributed by atoms with Gasteiger partial charge >= 0.3 is 0 Å². The zero-order valence-electron chi connectivity index (χ0n) is 9.12. The number of hydrogen-bond acceptors (Lipinski definition) is 3. The van der Waals surface area contributed by atoms with E-state index in [9.17, 15) is 8.42 Å². The van der Waals surface area contributed by atoms with Crippen LogP contribution in [-0.2, 0) is 9.84 Å². The van der Waals surface area contributed by atoms with Crippen LogP contribution in [0.3, 0.4) is 0 Å². The van der Waals surface area contributed by atoms with Crippen molar-refractivity contribution in [2.45, 2.75) is 23.0 Å². The molecule has 0 amide bonds. The zero-order valence-corrected chi connectivity index (χ0v) is 11.4. The van der Waals surface area contributed by atoms with Crippen molar-refractivity contribution in [3.63, 3.8) is 0 Å². The van der Waals surface area contributed by atoms with Gasteiger partial charge in [0.2, 0.25) is 0 Å². The van der Waals surface area contributed by atoms with Crippen molar-refractivity contribution in [3.8, 4) is 0 Å². The SMILES string of the molecule is O=S(=O)(c1cc(Cl)cc(Cl)c1)C1CCNCC1. The predicted octanol–water partition coefficient (Wildman–Crippen LogP) is 2.52. The standard InChI is InChI=1S/C11H13Cl2NO2S/c12-8-5-9(13)7-11(6-8)17(15,16)10-1-3-14-4-2-10/h5-7,10,14H,1-4H2. The lowest BCUT2D eigenvalue weighted by Crippen LogP contribution is -2.35. The van der Waals surface area contributed by atoms with Gasteiger partial charge in [0, 0.05) is 10.0 Å². The van der Waals surface area contributed by atoms with Crippen LogP contribution in [0.4, 0.5) is 0 Å². The van der Waals surface area contributed by atoms with E-state index in [1.54, 1.807) is 0 Å². The molecule has 0 radical (unpaired) electrons. The highest BCUT2D eigenvalue weighted by Crippen LogP contribution is 2.27. The Bertz CT molecular complexity index is 490. The Morgan fingerprint density at radius 3 is 2.12 bits per heavy atom. The lowest BCUT2D eigenvalue weighted by Gasteiger charge is -2.22. The summed E-state index contributed by atoms with van der Waals surface area (Å²) in [5, 5.41) is 3.51. The number of rotatable bonds is 2. The second-order valence-electron chi connectivity index (χ2n) is 4.10. The number of hydrogen-bond donors (Lipinski definition) is 1. The van der Waals surface area contributed by atoms with Crippen molar-refractivity contribution < 1.29 is 8.42 Å². The summed E-state index contributed by atoms with van der Waals surface area (Å²) >= 11 is 11.7. The Balaban J connectivity index is 2.36. The van der Waals surface area contributed by atoms with Crippen molar-refractivity contribution in [3.05, 3.63) is 28.2 Å². The van der Waals surface area contributed by atoms with Gasteiger partial charge in [-0.25, -0.2) is 8.42 Å². The summed E-state index contributed by atoms with van der Waals surface area (Å²) in [6, 6.07) is 4.46. The minimum Gasteiger partial charge on any atom is -0.317 e. The number of sulfone groups is 1. The number of benzene rings is 1. The van der Waals surface area contributed by atoms with Gasteiger partial charge < -0.3 is 5.32 Å². The molecule has 3 nitrogen and oxygen atoms in total. The Morgan fingerprint density at radius 2 is 1.59 bits per heavy atom. The first-order valence-corrected chi connectivity index (χ1v) is 7.71. The van der Waals surface area contributed by atoms with Crippen LogP contribution in [-0.4, -0.2) is 26.8 Å². The topological polar surface area (TPSA) is 46.2 Å². The summed E-state index contributed by atoms with van der Waals surface area (Å²) in [7, 11) is -3.32. The molecule has 1 aliphatic heterocycles. The lowest BCUT2D eigenvalue weighted by molar-refractivity contribution is 0.496. The van der Waals surface area contributed by atoms with Crippen molar-refractivity contribution >= 4 is 33.0 Å². The number of piperidine rings is 1. The maximum absolute atomic E-state index is 12.3. The summed E-state index contributed by atoms with van der Waals surface area (Å²) in [6.45, 7) is 1.47. The molecule has 0 bridgehead atoms. The molecule has 1 N–H and O–H groups in total. The van der Waals surface area contributed by atoms with Crippen molar-refractivity contribution in [1.82, 2.24) is 5.32 Å². The van der Waals surface area contributed by atoms with Crippen LogP contribution in [0.2, 0.25) is 10.0 Å². The summed E-state index contributed by atoms with van der Waals surface area (Å²) in [4.78, 5) is 0.224. The monoisotopic (exact) mass is 293 g/mol. The van der Waals surface area contributed by atoms with Crippen LogP contribution >= 0.6 is 23.2 Å². The highest BCUT2D eigenvalue weighted by atomic mass is 35.5. The predicted molar refractivity (Wildman–Crippen MR) is 69.5 cm³/mol. The third kappa shape index (κ3) is 2.94. The van der Waals surface area contributed by atoms with Gasteiger partial charge in [-0.1, -0.05) is 23.2 Å². The van der Waals surface area contributed by atoms with E-state index in [0.717, 1.165) is 13.1 Å². The second-order valence-corrected chi connectivity index (χ2v) is 7.20. The molecule has 0 unspecified atom stereocenters. The van der Waals surface area contributed by atoms with Crippen LogP contribution in [0.25, 0.3) is 0 Å². The first-order chi connectivity index (χ1) is 8.00. The minimum absolute atomic E-state index is 0.224. The second kappa shape index (κ2) is 5.14. The molecule has 94 valence electrons. The summed E-state index contributed by atoms with van der Waals surface area (Å²) in [6.07, 6.45) is 1.26. The molecule has 6 heteroatoms.